The molecule has 110 valence electrons. The monoisotopic (exact) mass is 275 g/mol. The first-order valence-corrected chi connectivity index (χ1v) is 7.58. The van der Waals surface area contributed by atoms with Gasteiger partial charge in [-0.25, -0.2) is 4.98 Å². The van der Waals surface area contributed by atoms with E-state index < -0.39 is 0 Å². The number of hydrogen-bond donors (Lipinski definition) is 1. The highest BCUT2D eigenvalue weighted by atomic mass is 16.2. The lowest BCUT2D eigenvalue weighted by Crippen LogP contribution is -2.47. The molecule has 0 aromatic carbocycles. The minimum atomic E-state index is 0.134. The summed E-state index contributed by atoms with van der Waals surface area (Å²) in [5.41, 5.74) is 1.62. The van der Waals surface area contributed by atoms with Gasteiger partial charge in [-0.15, -0.1) is 0 Å². The Hall–Kier alpha value is -1.58. The van der Waals surface area contributed by atoms with E-state index in [4.69, 9.17) is 0 Å². The molecule has 0 radical (unpaired) electrons. The van der Waals surface area contributed by atoms with E-state index in [9.17, 15) is 4.79 Å². The first-order chi connectivity index (χ1) is 9.52. The number of likely N-dealkylation sites (tertiary alicyclic amines) is 1. The Bertz CT molecular complexity index is 477. The van der Waals surface area contributed by atoms with Crippen LogP contribution >= 0.6 is 0 Å². The van der Waals surface area contributed by atoms with Crippen LogP contribution < -0.4 is 5.32 Å². The van der Waals surface area contributed by atoms with Gasteiger partial charge in [0, 0.05) is 29.9 Å². The van der Waals surface area contributed by atoms with Crippen LogP contribution in [0.4, 0.5) is 5.82 Å². The van der Waals surface area contributed by atoms with Crippen molar-refractivity contribution in [1.29, 1.82) is 0 Å². The molecule has 1 amide bonds. The number of pyridine rings is 1. The van der Waals surface area contributed by atoms with Gasteiger partial charge in [-0.2, -0.15) is 0 Å². The zero-order valence-corrected chi connectivity index (χ0v) is 12.9. The second-order valence-electron chi connectivity index (χ2n) is 5.75. The van der Waals surface area contributed by atoms with Crippen molar-refractivity contribution in [3.05, 3.63) is 23.4 Å². The zero-order chi connectivity index (χ0) is 14.7. The standard InChI is InChI=1S/C16H25N3O/c1-5-17-15-10-14(9-11(2)18-15)16(20)19-12(3)7-6-8-13(19)4/h9-10,12-13H,5-8H2,1-4H3,(H,17,18)/t12-,13+. The number of piperidine rings is 1. The fourth-order valence-electron chi connectivity index (χ4n) is 3.03. The van der Waals surface area contributed by atoms with Crippen molar-refractivity contribution in [3.8, 4) is 0 Å². The number of aryl methyl sites for hydroxylation is 1. The summed E-state index contributed by atoms with van der Waals surface area (Å²) in [6.07, 6.45) is 3.41. The van der Waals surface area contributed by atoms with E-state index in [1.54, 1.807) is 0 Å². The second-order valence-corrected chi connectivity index (χ2v) is 5.75. The van der Waals surface area contributed by atoms with E-state index in [0.29, 0.717) is 12.1 Å². The number of rotatable bonds is 3. The van der Waals surface area contributed by atoms with E-state index in [2.05, 4.69) is 24.1 Å². The SMILES string of the molecule is CCNc1cc(C(=O)N2[C@H](C)CCC[C@@H]2C)cc(C)n1. The fourth-order valence-corrected chi connectivity index (χ4v) is 3.03. The first kappa shape index (κ1) is 14.8. The van der Waals surface area contributed by atoms with Crippen molar-refractivity contribution in [1.82, 2.24) is 9.88 Å². The van der Waals surface area contributed by atoms with Gasteiger partial charge in [0.25, 0.3) is 5.91 Å². The topological polar surface area (TPSA) is 45.2 Å². The van der Waals surface area contributed by atoms with Crippen LogP contribution in [0.15, 0.2) is 12.1 Å². The van der Waals surface area contributed by atoms with Crippen LogP contribution in [0.25, 0.3) is 0 Å². The van der Waals surface area contributed by atoms with Gasteiger partial charge < -0.3 is 10.2 Å². The Morgan fingerprint density at radius 2 is 2.00 bits per heavy atom. The maximum atomic E-state index is 12.8. The normalized spacial score (nSPS) is 22.7. The van der Waals surface area contributed by atoms with Gasteiger partial charge in [-0.3, -0.25) is 4.79 Å². The van der Waals surface area contributed by atoms with Crippen molar-refractivity contribution in [2.45, 2.75) is 59.0 Å². The maximum absolute atomic E-state index is 12.8. The quantitative estimate of drug-likeness (QED) is 0.921. The number of anilines is 1. The molecule has 20 heavy (non-hydrogen) atoms. The van der Waals surface area contributed by atoms with Crippen molar-refractivity contribution < 1.29 is 4.79 Å². The number of carbonyl (C=O) groups excluding carboxylic acids is 1. The van der Waals surface area contributed by atoms with Crippen molar-refractivity contribution in [3.63, 3.8) is 0 Å². The predicted molar refractivity (Wildman–Crippen MR) is 82.1 cm³/mol. The van der Waals surface area contributed by atoms with Crippen LogP contribution in [0.1, 0.15) is 56.1 Å². The molecular formula is C16H25N3O. The van der Waals surface area contributed by atoms with Crippen LogP contribution in [-0.2, 0) is 0 Å². The highest BCUT2D eigenvalue weighted by molar-refractivity contribution is 5.95. The third kappa shape index (κ3) is 3.11. The summed E-state index contributed by atoms with van der Waals surface area (Å²) in [7, 11) is 0. The Labute approximate surface area is 121 Å². The van der Waals surface area contributed by atoms with E-state index in [0.717, 1.165) is 36.5 Å². The largest absolute Gasteiger partial charge is 0.370 e. The summed E-state index contributed by atoms with van der Waals surface area (Å²) in [5.74, 6) is 0.919. The molecule has 1 aliphatic heterocycles. The molecule has 0 aliphatic carbocycles. The Balaban J connectivity index is 2.27. The molecule has 4 nitrogen and oxygen atoms in total. The summed E-state index contributed by atoms with van der Waals surface area (Å²) in [5, 5.41) is 3.19. The number of hydrogen-bond acceptors (Lipinski definition) is 3. The van der Waals surface area contributed by atoms with Gasteiger partial charge in [-0.1, -0.05) is 0 Å². The van der Waals surface area contributed by atoms with E-state index in [1.165, 1.54) is 6.42 Å². The number of nitrogens with zero attached hydrogens (tertiary/aromatic N) is 2. The molecule has 1 aromatic rings. The third-order valence-corrected chi connectivity index (χ3v) is 3.99. The predicted octanol–water partition coefficient (Wildman–Crippen LogP) is 3.22. The Morgan fingerprint density at radius 3 is 2.60 bits per heavy atom. The number of amides is 1. The van der Waals surface area contributed by atoms with Crippen LogP contribution in [-0.4, -0.2) is 34.4 Å². The summed E-state index contributed by atoms with van der Waals surface area (Å²) in [6, 6.07) is 4.40. The Morgan fingerprint density at radius 1 is 1.35 bits per heavy atom. The van der Waals surface area contributed by atoms with Crippen molar-refractivity contribution in [2.24, 2.45) is 0 Å². The van der Waals surface area contributed by atoms with E-state index >= 15 is 0 Å². The molecule has 4 heteroatoms. The molecule has 0 saturated carbocycles. The number of aromatic nitrogens is 1. The summed E-state index contributed by atoms with van der Waals surface area (Å²) < 4.78 is 0. The molecule has 2 rings (SSSR count). The van der Waals surface area contributed by atoms with Gasteiger partial charge >= 0.3 is 0 Å². The van der Waals surface area contributed by atoms with Crippen LogP contribution in [0.3, 0.4) is 0 Å². The highest BCUT2D eigenvalue weighted by Gasteiger charge is 2.29. The van der Waals surface area contributed by atoms with Crippen LogP contribution in [0.2, 0.25) is 0 Å². The lowest BCUT2D eigenvalue weighted by Gasteiger charge is -2.39. The molecule has 2 atom stereocenters. The van der Waals surface area contributed by atoms with Gasteiger partial charge in [-0.05, 0) is 59.1 Å². The first-order valence-electron chi connectivity index (χ1n) is 7.58. The van der Waals surface area contributed by atoms with E-state index in [1.807, 2.05) is 30.9 Å². The number of carbonyl (C=O) groups is 1. The van der Waals surface area contributed by atoms with Gasteiger partial charge in [0.2, 0.25) is 0 Å². The lowest BCUT2D eigenvalue weighted by atomic mass is 9.96. The second kappa shape index (κ2) is 6.25. The molecule has 1 fully saturated rings. The molecule has 0 unspecified atom stereocenters. The molecule has 1 aliphatic rings. The van der Waals surface area contributed by atoms with Crippen LogP contribution in [0.5, 0.6) is 0 Å². The maximum Gasteiger partial charge on any atom is 0.254 e. The summed E-state index contributed by atoms with van der Waals surface area (Å²) in [4.78, 5) is 19.2. The van der Waals surface area contributed by atoms with Crippen LogP contribution in [0, 0.1) is 6.92 Å². The minimum absolute atomic E-state index is 0.134. The minimum Gasteiger partial charge on any atom is -0.370 e. The molecule has 1 N–H and O–H groups in total. The van der Waals surface area contributed by atoms with Gasteiger partial charge in [0.15, 0.2) is 0 Å². The highest BCUT2D eigenvalue weighted by Crippen LogP contribution is 2.25. The van der Waals surface area contributed by atoms with Crippen molar-refractivity contribution >= 4 is 11.7 Å². The fraction of sp³-hybridized carbons (Fsp3) is 0.625. The number of nitrogens with one attached hydrogen (secondary N) is 1. The molecule has 2 heterocycles. The average Bonchev–Trinajstić information content (AvgIpc) is 2.38. The molecule has 0 bridgehead atoms. The molecule has 1 saturated heterocycles. The van der Waals surface area contributed by atoms with E-state index in [-0.39, 0.29) is 5.91 Å². The average molecular weight is 275 g/mol. The summed E-state index contributed by atoms with van der Waals surface area (Å²) in [6.45, 7) is 9.06. The van der Waals surface area contributed by atoms with Gasteiger partial charge in [0.05, 0.1) is 0 Å². The summed E-state index contributed by atoms with van der Waals surface area (Å²) >= 11 is 0. The van der Waals surface area contributed by atoms with Gasteiger partial charge in [0.1, 0.15) is 5.82 Å². The Kier molecular flexibility index (Phi) is 4.63. The molecule has 1 aromatic heterocycles. The third-order valence-electron chi connectivity index (χ3n) is 3.99. The molecule has 0 spiro atoms. The smallest absolute Gasteiger partial charge is 0.254 e. The molecular weight excluding hydrogens is 250 g/mol. The zero-order valence-electron chi connectivity index (χ0n) is 12.9. The lowest BCUT2D eigenvalue weighted by molar-refractivity contribution is 0.0510. The van der Waals surface area contributed by atoms with Crippen molar-refractivity contribution in [2.75, 3.05) is 11.9 Å².